The molecule has 1 unspecified atom stereocenters. The summed E-state index contributed by atoms with van der Waals surface area (Å²) in [5, 5.41) is 2.34. The molecule has 1 atom stereocenters. The summed E-state index contributed by atoms with van der Waals surface area (Å²) < 4.78 is 6.45. The van der Waals surface area contributed by atoms with E-state index in [0.717, 1.165) is 22.3 Å². The predicted octanol–water partition coefficient (Wildman–Crippen LogP) is 4.50. The Morgan fingerprint density at radius 3 is 2.43 bits per heavy atom. The van der Waals surface area contributed by atoms with Crippen LogP contribution < -0.4 is 10.5 Å². The quantitative estimate of drug-likeness (QED) is 0.670. The Morgan fingerprint density at radius 1 is 0.952 bits per heavy atom. The maximum Gasteiger partial charge on any atom is 0.119 e. The number of nitrogens with two attached hydrogens (primary N) is 1. The van der Waals surface area contributed by atoms with Gasteiger partial charge in [0.15, 0.2) is 0 Å². The van der Waals surface area contributed by atoms with E-state index in [2.05, 4.69) is 59.0 Å². The highest BCUT2D eigenvalue weighted by Crippen LogP contribution is 2.28. The minimum absolute atomic E-state index is 0.107. The fourth-order valence-corrected chi connectivity index (χ4v) is 3.19. The fraction of sp³-hybridized carbons (Fsp3) is 0.111. The number of methoxy groups -OCH3 is 1. The van der Waals surface area contributed by atoms with Crippen molar-refractivity contribution in [2.45, 2.75) is 6.04 Å². The molecule has 0 amide bonds. The predicted molar refractivity (Wildman–Crippen MR) is 95.7 cm³/mol. The second-order valence-electron chi connectivity index (χ2n) is 4.97. The molecule has 106 valence electrons. The molecule has 0 saturated carbocycles. The van der Waals surface area contributed by atoms with E-state index in [1.807, 2.05) is 24.3 Å². The smallest absolute Gasteiger partial charge is 0.119 e. The third kappa shape index (κ3) is 2.89. The molecule has 3 rings (SSSR count). The summed E-state index contributed by atoms with van der Waals surface area (Å²) in [6.45, 7) is 0. The van der Waals surface area contributed by atoms with Gasteiger partial charge in [0.2, 0.25) is 0 Å². The summed E-state index contributed by atoms with van der Waals surface area (Å²) in [6, 6.07) is 20.6. The molecule has 3 aromatic rings. The number of hydrogen-bond donors (Lipinski definition) is 1. The summed E-state index contributed by atoms with van der Waals surface area (Å²) in [5.74, 6) is 0.872. The van der Waals surface area contributed by atoms with Crippen molar-refractivity contribution >= 4 is 33.4 Å². The Labute approximate surface area is 138 Å². The van der Waals surface area contributed by atoms with Gasteiger partial charge in [0.25, 0.3) is 0 Å². The largest absolute Gasteiger partial charge is 0.497 e. The van der Waals surface area contributed by atoms with E-state index in [1.54, 1.807) is 7.11 Å². The van der Waals surface area contributed by atoms with Gasteiger partial charge in [-0.15, -0.1) is 0 Å². The fourth-order valence-electron chi connectivity index (χ4n) is 2.47. The van der Waals surface area contributed by atoms with Crippen molar-refractivity contribution in [3.63, 3.8) is 0 Å². The molecule has 0 aliphatic heterocycles. The lowest BCUT2D eigenvalue weighted by atomic mass is 9.97. The highest BCUT2D eigenvalue weighted by molar-refractivity contribution is 14.1. The van der Waals surface area contributed by atoms with Crippen LogP contribution in [-0.2, 0) is 0 Å². The van der Waals surface area contributed by atoms with Gasteiger partial charge < -0.3 is 10.5 Å². The number of ether oxygens (including phenoxy) is 1. The third-order valence-electron chi connectivity index (χ3n) is 3.67. The highest BCUT2D eigenvalue weighted by atomic mass is 127. The Bertz CT molecular complexity index is 785. The van der Waals surface area contributed by atoms with E-state index in [1.165, 1.54) is 8.96 Å². The first-order chi connectivity index (χ1) is 10.2. The zero-order valence-corrected chi connectivity index (χ0v) is 13.9. The van der Waals surface area contributed by atoms with Crippen LogP contribution in [-0.4, -0.2) is 7.11 Å². The normalized spacial score (nSPS) is 12.3. The average molecular weight is 389 g/mol. The summed E-state index contributed by atoms with van der Waals surface area (Å²) in [6.07, 6.45) is 0. The molecule has 3 aromatic carbocycles. The van der Waals surface area contributed by atoms with Gasteiger partial charge in [-0.3, -0.25) is 0 Å². The molecule has 0 saturated heterocycles. The van der Waals surface area contributed by atoms with Crippen molar-refractivity contribution in [1.82, 2.24) is 0 Å². The van der Waals surface area contributed by atoms with Gasteiger partial charge in [0, 0.05) is 3.57 Å². The molecular weight excluding hydrogens is 373 g/mol. The molecule has 21 heavy (non-hydrogen) atoms. The van der Waals surface area contributed by atoms with Gasteiger partial charge in [-0.1, -0.05) is 36.4 Å². The molecule has 0 radical (unpaired) electrons. The number of fused-ring (bicyclic) bond motifs is 1. The molecule has 0 aromatic heterocycles. The molecule has 0 spiro atoms. The van der Waals surface area contributed by atoms with Gasteiger partial charge >= 0.3 is 0 Å². The molecule has 0 aliphatic rings. The van der Waals surface area contributed by atoms with Crippen LogP contribution in [0.3, 0.4) is 0 Å². The summed E-state index contributed by atoms with van der Waals surface area (Å²) >= 11 is 2.33. The summed E-state index contributed by atoms with van der Waals surface area (Å²) in [5.41, 5.74) is 8.72. The first kappa shape index (κ1) is 14.4. The maximum atomic E-state index is 6.43. The van der Waals surface area contributed by atoms with Gasteiger partial charge in [-0.25, -0.2) is 0 Å². The molecule has 2 N–H and O–H groups in total. The van der Waals surface area contributed by atoms with Crippen LogP contribution >= 0.6 is 22.6 Å². The SMILES string of the molecule is COc1ccc2cc(C(N)c3ccccc3I)ccc2c1. The molecular formula is C18H16INO. The maximum absolute atomic E-state index is 6.43. The van der Waals surface area contributed by atoms with Crippen LogP contribution in [0.25, 0.3) is 10.8 Å². The second kappa shape index (κ2) is 6.03. The molecule has 0 aliphatic carbocycles. The monoisotopic (exact) mass is 389 g/mol. The zero-order chi connectivity index (χ0) is 14.8. The van der Waals surface area contributed by atoms with E-state index in [4.69, 9.17) is 10.5 Å². The number of benzene rings is 3. The summed E-state index contributed by atoms with van der Waals surface area (Å²) in [4.78, 5) is 0. The Morgan fingerprint density at radius 2 is 1.67 bits per heavy atom. The minimum atomic E-state index is -0.107. The molecule has 2 nitrogen and oxygen atoms in total. The number of hydrogen-bond acceptors (Lipinski definition) is 2. The van der Waals surface area contributed by atoms with E-state index in [9.17, 15) is 0 Å². The van der Waals surface area contributed by atoms with Gasteiger partial charge in [0.05, 0.1) is 13.2 Å². The number of halogens is 1. The molecule has 0 fully saturated rings. The van der Waals surface area contributed by atoms with Crippen molar-refractivity contribution in [3.8, 4) is 5.75 Å². The second-order valence-corrected chi connectivity index (χ2v) is 6.13. The Balaban J connectivity index is 2.03. The number of rotatable bonds is 3. The lowest BCUT2D eigenvalue weighted by Gasteiger charge is -2.15. The Hall–Kier alpha value is -1.59. The van der Waals surface area contributed by atoms with Crippen molar-refractivity contribution in [2.75, 3.05) is 7.11 Å². The van der Waals surface area contributed by atoms with Crippen molar-refractivity contribution in [2.24, 2.45) is 5.73 Å². The first-order valence-electron chi connectivity index (χ1n) is 6.77. The van der Waals surface area contributed by atoms with Gasteiger partial charge in [0.1, 0.15) is 5.75 Å². The molecule has 0 heterocycles. The summed E-state index contributed by atoms with van der Waals surface area (Å²) in [7, 11) is 1.68. The standard InChI is InChI=1S/C18H16INO/c1-21-15-9-8-12-10-14(7-6-13(12)11-15)18(20)16-4-2-3-5-17(16)19/h2-11,18H,20H2,1H3. The van der Waals surface area contributed by atoms with Crippen LogP contribution in [0.15, 0.2) is 60.7 Å². The van der Waals surface area contributed by atoms with Crippen molar-refractivity contribution in [3.05, 3.63) is 75.4 Å². The lowest BCUT2D eigenvalue weighted by Crippen LogP contribution is -2.13. The highest BCUT2D eigenvalue weighted by Gasteiger charge is 2.12. The first-order valence-corrected chi connectivity index (χ1v) is 7.84. The average Bonchev–Trinajstić information content (AvgIpc) is 2.53. The van der Waals surface area contributed by atoms with Gasteiger partial charge in [-0.2, -0.15) is 0 Å². The minimum Gasteiger partial charge on any atom is -0.497 e. The van der Waals surface area contributed by atoms with E-state index >= 15 is 0 Å². The third-order valence-corrected chi connectivity index (χ3v) is 4.65. The van der Waals surface area contributed by atoms with Crippen LogP contribution in [0.4, 0.5) is 0 Å². The topological polar surface area (TPSA) is 35.2 Å². The van der Waals surface area contributed by atoms with Crippen molar-refractivity contribution < 1.29 is 4.74 Å². The van der Waals surface area contributed by atoms with Crippen LogP contribution in [0.1, 0.15) is 17.2 Å². The Kier molecular flexibility index (Phi) is 4.12. The van der Waals surface area contributed by atoms with E-state index in [-0.39, 0.29) is 6.04 Å². The molecule has 3 heteroatoms. The van der Waals surface area contributed by atoms with Crippen LogP contribution in [0, 0.1) is 3.57 Å². The van der Waals surface area contributed by atoms with E-state index < -0.39 is 0 Å². The lowest BCUT2D eigenvalue weighted by molar-refractivity contribution is 0.415. The van der Waals surface area contributed by atoms with Gasteiger partial charge in [-0.05, 0) is 68.8 Å². The molecule has 0 bridgehead atoms. The van der Waals surface area contributed by atoms with Crippen LogP contribution in [0.2, 0.25) is 0 Å². The van der Waals surface area contributed by atoms with E-state index in [0.29, 0.717) is 0 Å². The van der Waals surface area contributed by atoms with Crippen molar-refractivity contribution in [1.29, 1.82) is 0 Å². The zero-order valence-electron chi connectivity index (χ0n) is 11.7. The van der Waals surface area contributed by atoms with Crippen LogP contribution in [0.5, 0.6) is 5.75 Å².